The van der Waals surface area contributed by atoms with Crippen molar-refractivity contribution in [1.29, 1.82) is 0 Å². The molecular weight excluding hydrogens is 370 g/mol. The fraction of sp³-hybridized carbons (Fsp3) is 0.235. The minimum Gasteiger partial charge on any atom is -0.467 e. The summed E-state index contributed by atoms with van der Waals surface area (Å²) in [5.74, 6) is 0.0140. The number of nitrogens with zero attached hydrogens (tertiary/aromatic N) is 4. The number of carbonyl (C=O) groups is 2. The molecule has 0 radical (unpaired) electrons. The predicted molar refractivity (Wildman–Crippen MR) is 97.4 cm³/mol. The number of amides is 1. The Morgan fingerprint density at radius 1 is 1.26 bits per heavy atom. The van der Waals surface area contributed by atoms with E-state index in [9.17, 15) is 9.59 Å². The molecule has 0 aliphatic heterocycles. The van der Waals surface area contributed by atoms with Gasteiger partial charge in [0.1, 0.15) is 12.3 Å². The van der Waals surface area contributed by atoms with Gasteiger partial charge in [0.05, 0.1) is 29.9 Å². The lowest BCUT2D eigenvalue weighted by molar-refractivity contribution is -0.113. The molecule has 0 spiro atoms. The molecule has 2 heterocycles. The van der Waals surface area contributed by atoms with Gasteiger partial charge < -0.3 is 14.5 Å². The van der Waals surface area contributed by atoms with Crippen LogP contribution in [0.15, 0.2) is 52.2 Å². The maximum Gasteiger partial charge on any atom is 0.340 e. The van der Waals surface area contributed by atoms with Crippen molar-refractivity contribution < 1.29 is 18.7 Å². The van der Waals surface area contributed by atoms with Crippen LogP contribution >= 0.6 is 11.8 Å². The number of hydrogen-bond donors (Lipinski definition) is 1. The first-order chi connectivity index (χ1) is 13.2. The minimum atomic E-state index is -0.483. The number of thioether (sulfide) groups is 1. The first kappa shape index (κ1) is 18.6. The van der Waals surface area contributed by atoms with Crippen LogP contribution in [0.4, 0.5) is 5.69 Å². The maximum absolute atomic E-state index is 12.3. The molecule has 0 unspecified atom stereocenters. The summed E-state index contributed by atoms with van der Waals surface area (Å²) in [5, 5.41) is 14.6. The predicted octanol–water partition coefficient (Wildman–Crippen LogP) is 2.22. The van der Waals surface area contributed by atoms with Crippen molar-refractivity contribution in [3.63, 3.8) is 0 Å². The van der Waals surface area contributed by atoms with Crippen molar-refractivity contribution >= 4 is 29.3 Å². The van der Waals surface area contributed by atoms with Crippen molar-refractivity contribution in [2.75, 3.05) is 17.7 Å². The van der Waals surface area contributed by atoms with Crippen LogP contribution in [0.2, 0.25) is 0 Å². The SMILES string of the molecule is CCOC(=O)c1ccccc1NC(=O)CSc1nnnn1Cc1ccco1. The lowest BCUT2D eigenvalue weighted by Crippen LogP contribution is -2.18. The smallest absolute Gasteiger partial charge is 0.340 e. The van der Waals surface area contributed by atoms with Crippen LogP contribution in [0.3, 0.4) is 0 Å². The average Bonchev–Trinajstić information content (AvgIpc) is 3.33. The van der Waals surface area contributed by atoms with Gasteiger partial charge in [-0.15, -0.1) is 5.10 Å². The minimum absolute atomic E-state index is 0.0791. The zero-order valence-corrected chi connectivity index (χ0v) is 15.3. The van der Waals surface area contributed by atoms with E-state index in [0.717, 1.165) is 0 Å². The number of furan rings is 1. The zero-order chi connectivity index (χ0) is 19.1. The standard InChI is InChI=1S/C17H17N5O4S/c1-2-25-16(24)13-7-3-4-8-14(13)18-15(23)11-27-17-19-20-21-22(17)10-12-6-5-9-26-12/h3-9H,2,10-11H2,1H3,(H,18,23). The third-order valence-corrected chi connectivity index (χ3v) is 4.37. The zero-order valence-electron chi connectivity index (χ0n) is 14.5. The van der Waals surface area contributed by atoms with E-state index in [1.54, 1.807) is 48.2 Å². The summed E-state index contributed by atoms with van der Waals surface area (Å²) < 4.78 is 11.8. The van der Waals surface area contributed by atoms with E-state index in [-0.39, 0.29) is 18.3 Å². The summed E-state index contributed by atoms with van der Waals surface area (Å²) in [6, 6.07) is 10.3. The highest BCUT2D eigenvalue weighted by Gasteiger charge is 2.15. The van der Waals surface area contributed by atoms with Crippen LogP contribution in [0.25, 0.3) is 0 Å². The average molecular weight is 387 g/mol. The van der Waals surface area contributed by atoms with E-state index in [4.69, 9.17) is 9.15 Å². The topological polar surface area (TPSA) is 112 Å². The second kappa shape index (κ2) is 8.99. The van der Waals surface area contributed by atoms with Gasteiger partial charge in [0, 0.05) is 0 Å². The maximum atomic E-state index is 12.3. The molecule has 27 heavy (non-hydrogen) atoms. The lowest BCUT2D eigenvalue weighted by atomic mass is 10.2. The number of nitrogens with one attached hydrogen (secondary N) is 1. The molecule has 3 aromatic rings. The van der Waals surface area contributed by atoms with Crippen LogP contribution < -0.4 is 5.32 Å². The van der Waals surface area contributed by atoms with Gasteiger partial charge in [0.25, 0.3) is 0 Å². The van der Waals surface area contributed by atoms with Gasteiger partial charge in [0.2, 0.25) is 11.1 Å². The number of tetrazole rings is 1. The highest BCUT2D eigenvalue weighted by molar-refractivity contribution is 7.99. The van der Waals surface area contributed by atoms with Gasteiger partial charge in [-0.1, -0.05) is 23.9 Å². The van der Waals surface area contributed by atoms with Gasteiger partial charge in [-0.2, -0.15) is 0 Å². The van der Waals surface area contributed by atoms with E-state index >= 15 is 0 Å². The van der Waals surface area contributed by atoms with Crippen molar-refractivity contribution in [1.82, 2.24) is 20.2 Å². The Labute approximate surface area is 159 Å². The first-order valence-electron chi connectivity index (χ1n) is 8.14. The van der Waals surface area contributed by atoms with E-state index in [0.29, 0.717) is 28.7 Å². The number of ether oxygens (including phenoxy) is 1. The number of para-hydroxylation sites is 1. The Balaban J connectivity index is 1.60. The van der Waals surface area contributed by atoms with Crippen LogP contribution in [0.5, 0.6) is 0 Å². The number of benzene rings is 1. The molecule has 3 rings (SSSR count). The summed E-state index contributed by atoms with van der Waals surface area (Å²) >= 11 is 1.18. The fourth-order valence-electron chi connectivity index (χ4n) is 2.24. The summed E-state index contributed by atoms with van der Waals surface area (Å²) in [6.45, 7) is 2.35. The van der Waals surface area contributed by atoms with Crippen LogP contribution in [0.1, 0.15) is 23.0 Å². The molecule has 0 aliphatic rings. The van der Waals surface area contributed by atoms with E-state index < -0.39 is 5.97 Å². The number of rotatable bonds is 8. The third kappa shape index (κ3) is 4.94. The number of esters is 1. The molecular formula is C17H17N5O4S. The van der Waals surface area contributed by atoms with Crippen LogP contribution in [-0.4, -0.2) is 44.4 Å². The van der Waals surface area contributed by atoms with Gasteiger partial charge in [-0.3, -0.25) is 4.79 Å². The molecule has 0 bridgehead atoms. The Hall–Kier alpha value is -3.14. The quantitative estimate of drug-likeness (QED) is 0.462. The molecule has 1 aromatic carbocycles. The summed E-state index contributed by atoms with van der Waals surface area (Å²) in [7, 11) is 0. The number of aromatic nitrogens is 4. The number of hydrogen-bond acceptors (Lipinski definition) is 8. The highest BCUT2D eigenvalue weighted by atomic mass is 32.2. The number of anilines is 1. The van der Waals surface area contributed by atoms with Crippen LogP contribution in [-0.2, 0) is 16.1 Å². The largest absolute Gasteiger partial charge is 0.467 e. The first-order valence-corrected chi connectivity index (χ1v) is 9.13. The van der Waals surface area contributed by atoms with Crippen molar-refractivity contribution in [3.05, 3.63) is 54.0 Å². The van der Waals surface area contributed by atoms with E-state index in [2.05, 4.69) is 20.8 Å². The molecule has 10 heteroatoms. The van der Waals surface area contributed by atoms with E-state index in [1.807, 2.05) is 6.07 Å². The highest BCUT2D eigenvalue weighted by Crippen LogP contribution is 2.19. The van der Waals surface area contributed by atoms with Crippen molar-refractivity contribution in [3.8, 4) is 0 Å². The molecule has 0 fully saturated rings. The van der Waals surface area contributed by atoms with Gasteiger partial charge >= 0.3 is 5.97 Å². The Morgan fingerprint density at radius 3 is 2.89 bits per heavy atom. The van der Waals surface area contributed by atoms with Gasteiger partial charge in [0.15, 0.2) is 0 Å². The van der Waals surface area contributed by atoms with Crippen LogP contribution in [0, 0.1) is 0 Å². The monoisotopic (exact) mass is 387 g/mol. The Bertz CT molecular complexity index is 910. The molecule has 0 saturated heterocycles. The second-order valence-electron chi connectivity index (χ2n) is 5.30. The summed E-state index contributed by atoms with van der Waals surface area (Å²) in [4.78, 5) is 24.3. The van der Waals surface area contributed by atoms with Crippen molar-refractivity contribution in [2.45, 2.75) is 18.6 Å². The second-order valence-corrected chi connectivity index (χ2v) is 6.24. The third-order valence-electron chi connectivity index (χ3n) is 3.41. The Kier molecular flexibility index (Phi) is 6.21. The normalized spacial score (nSPS) is 10.6. The van der Waals surface area contributed by atoms with Crippen molar-refractivity contribution in [2.24, 2.45) is 0 Å². The number of carbonyl (C=O) groups excluding carboxylic acids is 2. The molecule has 1 N–H and O–H groups in total. The molecule has 9 nitrogen and oxygen atoms in total. The molecule has 1 amide bonds. The molecule has 2 aromatic heterocycles. The molecule has 0 aliphatic carbocycles. The van der Waals surface area contributed by atoms with Gasteiger partial charge in [-0.05, 0) is 41.6 Å². The lowest BCUT2D eigenvalue weighted by Gasteiger charge is -2.10. The molecule has 140 valence electrons. The van der Waals surface area contributed by atoms with Gasteiger partial charge in [-0.25, -0.2) is 9.48 Å². The molecule has 0 atom stereocenters. The fourth-order valence-corrected chi connectivity index (χ4v) is 2.92. The Morgan fingerprint density at radius 2 is 2.11 bits per heavy atom. The molecule has 0 saturated carbocycles. The van der Waals surface area contributed by atoms with E-state index in [1.165, 1.54) is 11.8 Å². The summed E-state index contributed by atoms with van der Waals surface area (Å²) in [5.41, 5.74) is 0.706. The summed E-state index contributed by atoms with van der Waals surface area (Å²) in [6.07, 6.45) is 1.57.